The van der Waals surface area contributed by atoms with Crippen molar-refractivity contribution in [1.82, 2.24) is 5.32 Å². The summed E-state index contributed by atoms with van der Waals surface area (Å²) in [5.41, 5.74) is 0.807. The molecular formula is C10H17N. The van der Waals surface area contributed by atoms with E-state index in [0.29, 0.717) is 0 Å². The molecule has 1 aliphatic heterocycles. The number of hydrogen-bond acceptors (Lipinski definition) is 1. The third kappa shape index (κ3) is 0.807. The van der Waals surface area contributed by atoms with E-state index in [-0.39, 0.29) is 0 Å². The first-order valence-electron chi connectivity index (χ1n) is 5.14. The fraction of sp³-hybridized carbons (Fsp3) is 1.00. The van der Waals surface area contributed by atoms with Gasteiger partial charge >= 0.3 is 0 Å². The standard InChI is InChI=1S/C10H17N/c1-2-6-10(5-1)7-11-9(10)8-3-4-8/h8-9,11H,1-7H2. The summed E-state index contributed by atoms with van der Waals surface area (Å²) in [5, 5.41) is 3.64. The van der Waals surface area contributed by atoms with Gasteiger partial charge in [-0.3, -0.25) is 0 Å². The SMILES string of the molecule is C1CCC2(C1)CNC2C1CC1. The van der Waals surface area contributed by atoms with Crippen molar-refractivity contribution in [3.63, 3.8) is 0 Å². The van der Waals surface area contributed by atoms with Crippen molar-refractivity contribution in [2.75, 3.05) is 6.54 Å². The van der Waals surface area contributed by atoms with Crippen LogP contribution < -0.4 is 5.32 Å². The summed E-state index contributed by atoms with van der Waals surface area (Å²) in [6.45, 7) is 1.34. The molecule has 3 fully saturated rings. The van der Waals surface area contributed by atoms with Crippen molar-refractivity contribution in [2.45, 2.75) is 44.6 Å². The third-order valence-electron chi connectivity index (χ3n) is 4.03. The first-order valence-corrected chi connectivity index (χ1v) is 5.14. The van der Waals surface area contributed by atoms with Gasteiger partial charge in [0, 0.05) is 12.6 Å². The lowest BCUT2D eigenvalue weighted by atomic mass is 9.70. The van der Waals surface area contributed by atoms with Crippen LogP contribution in [0.15, 0.2) is 0 Å². The maximum Gasteiger partial charge on any atom is 0.0164 e. The fourth-order valence-electron chi connectivity index (χ4n) is 3.17. The Hall–Kier alpha value is -0.0400. The van der Waals surface area contributed by atoms with Crippen molar-refractivity contribution in [3.8, 4) is 0 Å². The molecule has 2 saturated carbocycles. The van der Waals surface area contributed by atoms with Crippen LogP contribution in [0.25, 0.3) is 0 Å². The molecule has 0 bridgehead atoms. The molecule has 0 aromatic carbocycles. The van der Waals surface area contributed by atoms with Gasteiger partial charge in [-0.15, -0.1) is 0 Å². The lowest BCUT2D eigenvalue weighted by molar-refractivity contribution is 0.0731. The Labute approximate surface area is 68.6 Å². The summed E-state index contributed by atoms with van der Waals surface area (Å²) in [7, 11) is 0. The molecule has 3 aliphatic rings. The molecule has 0 amide bonds. The van der Waals surface area contributed by atoms with Crippen LogP contribution in [-0.2, 0) is 0 Å². The van der Waals surface area contributed by atoms with Gasteiger partial charge in [-0.1, -0.05) is 12.8 Å². The van der Waals surface area contributed by atoms with E-state index in [1.165, 1.54) is 45.1 Å². The molecule has 11 heavy (non-hydrogen) atoms. The number of hydrogen-bond donors (Lipinski definition) is 1. The second kappa shape index (κ2) is 2.01. The Morgan fingerprint density at radius 3 is 2.27 bits per heavy atom. The van der Waals surface area contributed by atoms with Crippen molar-refractivity contribution >= 4 is 0 Å². The van der Waals surface area contributed by atoms with E-state index in [1.54, 1.807) is 0 Å². The molecule has 1 atom stereocenters. The Morgan fingerprint density at radius 1 is 1.09 bits per heavy atom. The maximum atomic E-state index is 3.64. The van der Waals surface area contributed by atoms with Crippen LogP contribution in [0.3, 0.4) is 0 Å². The molecular weight excluding hydrogens is 134 g/mol. The van der Waals surface area contributed by atoms with E-state index >= 15 is 0 Å². The second-order valence-electron chi connectivity index (χ2n) is 4.77. The summed E-state index contributed by atoms with van der Waals surface area (Å²) in [6.07, 6.45) is 9.09. The van der Waals surface area contributed by atoms with Crippen LogP contribution in [-0.4, -0.2) is 12.6 Å². The lowest BCUT2D eigenvalue weighted by Crippen LogP contribution is -2.62. The smallest absolute Gasteiger partial charge is 0.0164 e. The van der Waals surface area contributed by atoms with E-state index in [9.17, 15) is 0 Å². The van der Waals surface area contributed by atoms with E-state index in [0.717, 1.165) is 17.4 Å². The van der Waals surface area contributed by atoms with Crippen LogP contribution >= 0.6 is 0 Å². The van der Waals surface area contributed by atoms with Gasteiger partial charge in [-0.2, -0.15) is 0 Å². The average molecular weight is 151 g/mol. The molecule has 1 N–H and O–H groups in total. The number of rotatable bonds is 1. The molecule has 1 saturated heterocycles. The molecule has 1 unspecified atom stereocenters. The Morgan fingerprint density at radius 2 is 1.82 bits per heavy atom. The minimum atomic E-state index is 0.807. The summed E-state index contributed by atoms with van der Waals surface area (Å²) in [4.78, 5) is 0. The van der Waals surface area contributed by atoms with Gasteiger partial charge in [0.15, 0.2) is 0 Å². The van der Waals surface area contributed by atoms with Crippen LogP contribution in [0.2, 0.25) is 0 Å². The minimum absolute atomic E-state index is 0.807. The number of nitrogens with one attached hydrogen (secondary N) is 1. The van der Waals surface area contributed by atoms with Gasteiger partial charge < -0.3 is 5.32 Å². The van der Waals surface area contributed by atoms with Crippen LogP contribution in [0.4, 0.5) is 0 Å². The predicted molar refractivity (Wildman–Crippen MR) is 45.4 cm³/mol. The molecule has 1 spiro atoms. The third-order valence-corrected chi connectivity index (χ3v) is 4.03. The minimum Gasteiger partial charge on any atom is -0.312 e. The van der Waals surface area contributed by atoms with Gasteiger partial charge in [-0.05, 0) is 37.0 Å². The Kier molecular flexibility index (Phi) is 1.18. The van der Waals surface area contributed by atoms with E-state index < -0.39 is 0 Å². The molecule has 0 radical (unpaired) electrons. The van der Waals surface area contributed by atoms with Crippen molar-refractivity contribution in [1.29, 1.82) is 0 Å². The molecule has 62 valence electrons. The first-order chi connectivity index (χ1) is 5.41. The van der Waals surface area contributed by atoms with Crippen molar-refractivity contribution in [2.24, 2.45) is 11.3 Å². The molecule has 1 nitrogen and oxygen atoms in total. The summed E-state index contributed by atoms with van der Waals surface area (Å²) < 4.78 is 0. The van der Waals surface area contributed by atoms with Gasteiger partial charge in [0.05, 0.1) is 0 Å². The molecule has 0 aromatic heterocycles. The zero-order valence-corrected chi connectivity index (χ0v) is 7.10. The monoisotopic (exact) mass is 151 g/mol. The summed E-state index contributed by atoms with van der Waals surface area (Å²) in [5.74, 6) is 1.09. The summed E-state index contributed by atoms with van der Waals surface area (Å²) in [6, 6.07) is 0.949. The zero-order chi connectivity index (χ0) is 7.31. The molecule has 0 aromatic rings. The average Bonchev–Trinajstić information content (AvgIpc) is 2.68. The van der Waals surface area contributed by atoms with Crippen molar-refractivity contribution in [3.05, 3.63) is 0 Å². The highest BCUT2D eigenvalue weighted by Gasteiger charge is 2.53. The highest BCUT2D eigenvalue weighted by molar-refractivity contribution is 5.09. The largest absolute Gasteiger partial charge is 0.312 e. The first kappa shape index (κ1) is 6.47. The van der Waals surface area contributed by atoms with Gasteiger partial charge in [0.2, 0.25) is 0 Å². The molecule has 3 rings (SSSR count). The van der Waals surface area contributed by atoms with Crippen molar-refractivity contribution < 1.29 is 0 Å². The van der Waals surface area contributed by atoms with Gasteiger partial charge in [-0.25, -0.2) is 0 Å². The fourth-order valence-corrected chi connectivity index (χ4v) is 3.17. The van der Waals surface area contributed by atoms with E-state index in [4.69, 9.17) is 0 Å². The second-order valence-corrected chi connectivity index (χ2v) is 4.77. The van der Waals surface area contributed by atoms with Crippen LogP contribution in [0, 0.1) is 11.3 Å². The topological polar surface area (TPSA) is 12.0 Å². The predicted octanol–water partition coefficient (Wildman–Crippen LogP) is 1.93. The van der Waals surface area contributed by atoms with Gasteiger partial charge in [0.1, 0.15) is 0 Å². The highest BCUT2D eigenvalue weighted by atomic mass is 15.1. The van der Waals surface area contributed by atoms with Gasteiger partial charge in [0.25, 0.3) is 0 Å². The molecule has 1 heterocycles. The normalized spacial score (nSPS) is 40.9. The zero-order valence-electron chi connectivity index (χ0n) is 7.10. The molecule has 2 aliphatic carbocycles. The summed E-state index contributed by atoms with van der Waals surface area (Å²) >= 11 is 0. The van der Waals surface area contributed by atoms with E-state index in [2.05, 4.69) is 5.32 Å². The van der Waals surface area contributed by atoms with Crippen LogP contribution in [0.5, 0.6) is 0 Å². The lowest BCUT2D eigenvalue weighted by Gasteiger charge is -2.49. The Balaban J connectivity index is 1.75. The molecule has 1 heteroatoms. The van der Waals surface area contributed by atoms with Crippen LogP contribution in [0.1, 0.15) is 38.5 Å². The maximum absolute atomic E-state index is 3.64. The highest BCUT2D eigenvalue weighted by Crippen LogP contribution is 2.52. The quantitative estimate of drug-likeness (QED) is 0.604. The Bertz CT molecular complexity index is 166. The van der Waals surface area contributed by atoms with E-state index in [1.807, 2.05) is 0 Å².